The Morgan fingerprint density at radius 3 is 2.66 bits per heavy atom. The second kappa shape index (κ2) is 10.0. The minimum absolute atomic E-state index is 0.0582. The number of rotatable bonds is 8. The van der Waals surface area contributed by atoms with E-state index in [2.05, 4.69) is 19.2 Å². The van der Waals surface area contributed by atoms with Crippen molar-refractivity contribution in [3.05, 3.63) is 34.9 Å². The van der Waals surface area contributed by atoms with Gasteiger partial charge in [-0.25, -0.2) is 0 Å². The normalized spacial score (nSPS) is 32.1. The molecule has 2 amide bonds. The molecular weight excluding hydrogens is 488 g/mol. The Hall–Kier alpha value is -2.91. The van der Waals surface area contributed by atoms with Crippen molar-refractivity contribution in [2.24, 2.45) is 23.2 Å². The second-order valence-corrected chi connectivity index (χ2v) is 11.8. The smallest absolute Gasteiger partial charge is 0.247 e. The topological polar surface area (TPSA) is 125 Å². The lowest BCUT2D eigenvalue weighted by Crippen LogP contribution is -2.59. The zero-order valence-electron chi connectivity index (χ0n) is 22.5. The van der Waals surface area contributed by atoms with Gasteiger partial charge >= 0.3 is 0 Å². The average molecular weight is 527 g/mol. The van der Waals surface area contributed by atoms with Crippen LogP contribution in [-0.4, -0.2) is 78.3 Å². The molecule has 3 fully saturated rings. The lowest BCUT2D eigenvalue weighted by molar-refractivity contribution is -0.144. The van der Waals surface area contributed by atoms with E-state index in [1.165, 1.54) is 20.5 Å². The number of aliphatic hydroxyl groups excluding tert-OH is 2. The van der Waals surface area contributed by atoms with Crippen LogP contribution < -0.4 is 14.8 Å². The molecule has 1 aliphatic heterocycles. The van der Waals surface area contributed by atoms with Gasteiger partial charge < -0.3 is 29.9 Å². The number of nitrogens with one attached hydrogen (secondary N) is 1. The van der Waals surface area contributed by atoms with E-state index >= 15 is 0 Å². The van der Waals surface area contributed by atoms with Crippen LogP contribution in [0.1, 0.15) is 61.9 Å². The summed E-state index contributed by atoms with van der Waals surface area (Å²) >= 11 is 0. The number of nitrogens with zero attached hydrogens (tertiary/aromatic N) is 1. The van der Waals surface area contributed by atoms with Gasteiger partial charge in [0.25, 0.3) is 0 Å². The quantitative estimate of drug-likeness (QED) is 0.443. The van der Waals surface area contributed by atoms with Crippen molar-refractivity contribution in [3.8, 4) is 11.5 Å². The maximum absolute atomic E-state index is 13.4. The summed E-state index contributed by atoms with van der Waals surface area (Å²) in [5, 5.41) is 23.7. The van der Waals surface area contributed by atoms with Gasteiger partial charge in [0.05, 0.1) is 25.7 Å². The molecule has 6 rings (SSSR count). The SMILES string of the molecule is COc1cc(C=O)cc2c1OC1C2C(C(=O)NCCO)=CC(N(CC2CCC3CC2C3(C)C)C(C)=O)C1O. The van der Waals surface area contributed by atoms with Gasteiger partial charge in [0, 0.05) is 36.7 Å². The Labute approximate surface area is 223 Å². The van der Waals surface area contributed by atoms with Crippen LogP contribution in [0.2, 0.25) is 0 Å². The first kappa shape index (κ1) is 26.7. The van der Waals surface area contributed by atoms with Gasteiger partial charge in [-0.3, -0.25) is 14.4 Å². The Bertz CT molecular complexity index is 1160. The van der Waals surface area contributed by atoms with Crippen molar-refractivity contribution in [2.45, 2.75) is 64.2 Å². The van der Waals surface area contributed by atoms with Crippen LogP contribution in [0.15, 0.2) is 23.8 Å². The molecule has 0 spiro atoms. The van der Waals surface area contributed by atoms with Gasteiger partial charge in [0.2, 0.25) is 11.8 Å². The Kier molecular flexibility index (Phi) is 7.02. The van der Waals surface area contributed by atoms with Crippen LogP contribution in [0.4, 0.5) is 0 Å². The van der Waals surface area contributed by atoms with E-state index in [0.717, 1.165) is 18.8 Å². The van der Waals surface area contributed by atoms with Crippen LogP contribution >= 0.6 is 0 Å². The molecule has 206 valence electrons. The predicted molar refractivity (Wildman–Crippen MR) is 139 cm³/mol. The lowest BCUT2D eigenvalue weighted by Gasteiger charge is -2.61. The molecule has 2 bridgehead atoms. The third-order valence-electron chi connectivity index (χ3n) is 9.61. The zero-order valence-corrected chi connectivity index (χ0v) is 22.5. The third-order valence-corrected chi connectivity index (χ3v) is 9.61. The summed E-state index contributed by atoms with van der Waals surface area (Å²) in [7, 11) is 1.47. The zero-order chi connectivity index (χ0) is 27.4. The monoisotopic (exact) mass is 526 g/mol. The molecule has 4 aliphatic carbocycles. The van der Waals surface area contributed by atoms with E-state index < -0.39 is 30.1 Å². The van der Waals surface area contributed by atoms with Crippen LogP contribution in [0.3, 0.4) is 0 Å². The number of amides is 2. The summed E-state index contributed by atoms with van der Waals surface area (Å²) in [6, 6.07) is 2.44. The second-order valence-electron chi connectivity index (χ2n) is 11.8. The highest BCUT2D eigenvalue weighted by atomic mass is 16.5. The lowest BCUT2D eigenvalue weighted by atomic mass is 9.45. The molecule has 7 unspecified atom stereocenters. The van der Waals surface area contributed by atoms with Crippen LogP contribution in [0.25, 0.3) is 0 Å². The third kappa shape index (κ3) is 4.20. The summed E-state index contributed by atoms with van der Waals surface area (Å²) in [6.07, 6.45) is 3.75. The first-order chi connectivity index (χ1) is 18.1. The average Bonchev–Trinajstić information content (AvgIpc) is 3.30. The number of carbonyl (C=O) groups excluding carboxylic acids is 3. The van der Waals surface area contributed by atoms with Crippen molar-refractivity contribution in [1.82, 2.24) is 10.2 Å². The summed E-state index contributed by atoms with van der Waals surface area (Å²) in [4.78, 5) is 39.7. The van der Waals surface area contributed by atoms with Gasteiger partial charge in [-0.2, -0.15) is 0 Å². The molecule has 38 heavy (non-hydrogen) atoms. The molecule has 1 aromatic rings. The van der Waals surface area contributed by atoms with E-state index in [9.17, 15) is 24.6 Å². The van der Waals surface area contributed by atoms with Crippen molar-refractivity contribution < 1.29 is 34.1 Å². The highest BCUT2D eigenvalue weighted by molar-refractivity contribution is 5.96. The molecule has 0 aromatic heterocycles. The fourth-order valence-corrected chi connectivity index (χ4v) is 7.45. The van der Waals surface area contributed by atoms with E-state index in [4.69, 9.17) is 9.47 Å². The number of carbonyl (C=O) groups is 3. The van der Waals surface area contributed by atoms with Crippen molar-refractivity contribution in [1.29, 1.82) is 0 Å². The van der Waals surface area contributed by atoms with Crippen LogP contribution in [0, 0.1) is 23.2 Å². The van der Waals surface area contributed by atoms with Gasteiger partial charge in [-0.1, -0.05) is 13.8 Å². The number of benzene rings is 1. The summed E-state index contributed by atoms with van der Waals surface area (Å²) in [5.41, 5.74) is 1.51. The molecule has 7 atom stereocenters. The number of fused-ring (bicyclic) bond motifs is 5. The van der Waals surface area contributed by atoms with Crippen LogP contribution in [0.5, 0.6) is 11.5 Å². The van der Waals surface area contributed by atoms with Gasteiger partial charge in [-0.05, 0) is 60.6 Å². The Morgan fingerprint density at radius 1 is 1.29 bits per heavy atom. The van der Waals surface area contributed by atoms with Crippen LogP contribution in [-0.2, 0) is 9.59 Å². The molecule has 3 N–H and O–H groups in total. The molecule has 0 radical (unpaired) electrons. The number of aldehydes is 1. The number of ether oxygens (including phenoxy) is 2. The Morgan fingerprint density at radius 2 is 2.05 bits per heavy atom. The van der Waals surface area contributed by atoms with Gasteiger partial charge in [-0.15, -0.1) is 0 Å². The van der Waals surface area contributed by atoms with Gasteiger partial charge in [0.1, 0.15) is 18.5 Å². The van der Waals surface area contributed by atoms with E-state index in [0.29, 0.717) is 52.9 Å². The largest absolute Gasteiger partial charge is 0.493 e. The molecule has 1 heterocycles. The van der Waals surface area contributed by atoms with Crippen molar-refractivity contribution in [2.75, 3.05) is 26.8 Å². The van der Waals surface area contributed by atoms with Gasteiger partial charge in [0.15, 0.2) is 11.5 Å². The highest BCUT2D eigenvalue weighted by Crippen LogP contribution is 2.61. The van der Waals surface area contributed by atoms with E-state index in [-0.39, 0.29) is 24.5 Å². The molecule has 9 heteroatoms. The molecule has 1 aromatic carbocycles. The first-order valence-electron chi connectivity index (χ1n) is 13.5. The fraction of sp³-hybridized carbons (Fsp3) is 0.621. The number of aliphatic hydroxyl groups is 2. The van der Waals surface area contributed by atoms with Crippen molar-refractivity contribution >= 4 is 18.1 Å². The summed E-state index contributed by atoms with van der Waals surface area (Å²) < 4.78 is 11.7. The molecule has 9 nitrogen and oxygen atoms in total. The highest BCUT2D eigenvalue weighted by Gasteiger charge is 2.56. The number of methoxy groups -OCH3 is 1. The Balaban J connectivity index is 1.53. The minimum atomic E-state index is -1.11. The summed E-state index contributed by atoms with van der Waals surface area (Å²) in [6.45, 7) is 6.45. The fourth-order valence-electron chi connectivity index (χ4n) is 7.45. The van der Waals surface area contributed by atoms with E-state index in [1.807, 2.05) is 0 Å². The number of hydrogen-bond donors (Lipinski definition) is 3. The molecule has 3 saturated carbocycles. The molecule has 0 saturated heterocycles. The van der Waals surface area contributed by atoms with Crippen molar-refractivity contribution in [3.63, 3.8) is 0 Å². The first-order valence-corrected chi connectivity index (χ1v) is 13.5. The summed E-state index contributed by atoms with van der Waals surface area (Å²) in [5.74, 6) is 1.03. The predicted octanol–water partition coefficient (Wildman–Crippen LogP) is 2.05. The molecular formula is C29H38N2O7. The standard InChI is InChI=1S/C29H38N2O7/c1-15(34)31(13-17-5-6-18-11-21(17)29(18,2)3)22-12-20(28(36)30-7-8-32)24-19-9-16(14-33)10-23(37-4)26(19)38-27(24)25(22)35/h9-10,12,14,17-18,21-22,24-25,27,32,35H,5-8,11,13H2,1-4H3,(H,30,36). The minimum Gasteiger partial charge on any atom is -0.493 e. The van der Waals surface area contributed by atoms with E-state index in [1.54, 1.807) is 23.1 Å². The maximum Gasteiger partial charge on any atom is 0.247 e. The number of hydrogen-bond acceptors (Lipinski definition) is 7. The molecule has 5 aliphatic rings. The maximum atomic E-state index is 13.4.